The molecule has 0 saturated carbocycles. The zero-order valence-corrected chi connectivity index (χ0v) is 12.3. The molecule has 0 aliphatic carbocycles. The monoisotopic (exact) mass is 313 g/mol. The van der Waals surface area contributed by atoms with Crippen LogP contribution in [0.2, 0.25) is 5.28 Å². The number of halogens is 1. The number of imidazole rings is 1. The molecule has 21 heavy (non-hydrogen) atoms. The minimum atomic E-state index is -1.14. The Morgan fingerprint density at radius 1 is 1.33 bits per heavy atom. The van der Waals surface area contributed by atoms with Crippen molar-refractivity contribution in [3.05, 3.63) is 11.6 Å². The molecule has 4 N–H and O–H groups in total. The molecule has 3 heterocycles. The third-order valence-corrected chi connectivity index (χ3v) is 3.92. The average Bonchev–Trinajstić information content (AvgIpc) is 2.90. The second kappa shape index (κ2) is 5.06. The first-order valence-electron chi connectivity index (χ1n) is 6.57. The minimum Gasteiger partial charge on any atom is -0.388 e. The van der Waals surface area contributed by atoms with Gasteiger partial charge in [-0.2, -0.15) is 0 Å². The quantitative estimate of drug-likeness (QED) is 0.684. The van der Waals surface area contributed by atoms with Crippen LogP contribution in [-0.2, 0) is 4.74 Å². The Bertz CT molecular complexity index is 676. The number of aliphatic hydroxyl groups excluding tert-OH is 2. The van der Waals surface area contributed by atoms with E-state index in [0.717, 1.165) is 0 Å². The van der Waals surface area contributed by atoms with E-state index in [0.29, 0.717) is 11.2 Å². The summed E-state index contributed by atoms with van der Waals surface area (Å²) in [5.74, 6) is 0.224. The summed E-state index contributed by atoms with van der Waals surface area (Å²) in [5.41, 5.74) is 6.43. The molecule has 1 fully saturated rings. The van der Waals surface area contributed by atoms with Crippen molar-refractivity contribution in [1.29, 1.82) is 0 Å². The zero-order chi connectivity index (χ0) is 15.3. The van der Waals surface area contributed by atoms with Crippen LogP contribution in [0.4, 0.5) is 5.82 Å². The Balaban J connectivity index is 2.09. The summed E-state index contributed by atoms with van der Waals surface area (Å²) in [6, 6.07) is 0. The number of aliphatic hydroxyl groups is 2. The molecule has 0 radical (unpaired) electrons. The van der Waals surface area contributed by atoms with E-state index in [1.807, 2.05) is 13.8 Å². The Morgan fingerprint density at radius 3 is 2.67 bits per heavy atom. The zero-order valence-electron chi connectivity index (χ0n) is 11.5. The fourth-order valence-corrected chi connectivity index (χ4v) is 2.84. The van der Waals surface area contributed by atoms with E-state index >= 15 is 0 Å². The van der Waals surface area contributed by atoms with E-state index in [9.17, 15) is 10.2 Å². The second-order valence-corrected chi connectivity index (χ2v) is 5.74. The van der Waals surface area contributed by atoms with Crippen molar-refractivity contribution in [2.45, 2.75) is 38.4 Å². The average molecular weight is 314 g/mol. The number of hydrogen-bond donors (Lipinski definition) is 3. The largest absolute Gasteiger partial charge is 0.388 e. The maximum atomic E-state index is 10.2. The molecule has 2 aromatic rings. The fourth-order valence-electron chi connectivity index (χ4n) is 2.58. The molecule has 1 aliphatic rings. The molecule has 2 aromatic heterocycles. The van der Waals surface area contributed by atoms with Crippen LogP contribution in [0.15, 0.2) is 6.33 Å². The highest BCUT2D eigenvalue weighted by Gasteiger charge is 2.46. The minimum absolute atomic E-state index is 0.0351. The summed E-state index contributed by atoms with van der Waals surface area (Å²) >= 11 is 6.12. The maximum absolute atomic E-state index is 10.2. The third kappa shape index (κ3) is 2.15. The predicted octanol–water partition coefficient (Wildman–Crippen LogP) is 0.337. The summed E-state index contributed by atoms with van der Waals surface area (Å²) < 4.78 is 7.18. The van der Waals surface area contributed by atoms with Crippen LogP contribution >= 0.6 is 11.6 Å². The summed E-state index contributed by atoms with van der Waals surface area (Å²) in [6.07, 6.45) is -2.24. The van der Waals surface area contributed by atoms with Gasteiger partial charge in [0.05, 0.1) is 6.10 Å². The molecule has 3 rings (SSSR count). The van der Waals surface area contributed by atoms with Gasteiger partial charge >= 0.3 is 0 Å². The molecule has 1 saturated heterocycles. The number of anilines is 1. The second-order valence-electron chi connectivity index (χ2n) is 5.40. The van der Waals surface area contributed by atoms with Gasteiger partial charge in [-0.3, -0.25) is 4.57 Å². The Kier molecular flexibility index (Phi) is 3.48. The Hall–Kier alpha value is -1.48. The summed E-state index contributed by atoms with van der Waals surface area (Å²) in [7, 11) is 0. The van der Waals surface area contributed by atoms with Crippen molar-refractivity contribution in [3.63, 3.8) is 0 Å². The summed E-state index contributed by atoms with van der Waals surface area (Å²) in [6.45, 7) is 3.80. The predicted molar refractivity (Wildman–Crippen MR) is 75.5 cm³/mol. The molecule has 114 valence electrons. The van der Waals surface area contributed by atoms with Crippen molar-refractivity contribution in [1.82, 2.24) is 19.5 Å². The van der Waals surface area contributed by atoms with Gasteiger partial charge in [0, 0.05) is 0 Å². The SMILES string of the molecule is CC(C)[C@H]1O[C@@H](n2c(Cl)nc3c(N)ncnc32)[C@@H](O)C1O. The van der Waals surface area contributed by atoms with Crippen molar-refractivity contribution in [2.24, 2.45) is 5.92 Å². The third-order valence-electron chi connectivity index (χ3n) is 3.65. The number of ether oxygens (including phenoxy) is 1. The number of fused-ring (bicyclic) bond motifs is 1. The normalized spacial score (nSPS) is 29.6. The van der Waals surface area contributed by atoms with Crippen LogP contribution < -0.4 is 5.73 Å². The van der Waals surface area contributed by atoms with Crippen LogP contribution in [0.1, 0.15) is 20.1 Å². The van der Waals surface area contributed by atoms with E-state index in [2.05, 4.69) is 15.0 Å². The van der Waals surface area contributed by atoms with Crippen molar-refractivity contribution < 1.29 is 14.9 Å². The molecule has 0 bridgehead atoms. The number of nitrogens with zero attached hydrogens (tertiary/aromatic N) is 4. The number of nitrogen functional groups attached to an aromatic ring is 1. The highest BCUT2D eigenvalue weighted by molar-refractivity contribution is 6.29. The first kappa shape index (κ1) is 14.5. The molecular formula is C12H16ClN5O3. The van der Waals surface area contributed by atoms with Gasteiger partial charge in [0.1, 0.15) is 18.5 Å². The Morgan fingerprint density at radius 2 is 2.05 bits per heavy atom. The van der Waals surface area contributed by atoms with Gasteiger partial charge in [-0.1, -0.05) is 13.8 Å². The van der Waals surface area contributed by atoms with E-state index in [4.69, 9.17) is 22.1 Å². The van der Waals surface area contributed by atoms with Gasteiger partial charge in [-0.25, -0.2) is 15.0 Å². The van der Waals surface area contributed by atoms with E-state index < -0.39 is 24.5 Å². The molecule has 0 aromatic carbocycles. The first-order chi connectivity index (χ1) is 9.91. The number of aromatic nitrogens is 4. The fraction of sp³-hybridized carbons (Fsp3) is 0.583. The first-order valence-corrected chi connectivity index (χ1v) is 6.95. The van der Waals surface area contributed by atoms with Crippen LogP contribution in [0.3, 0.4) is 0 Å². The van der Waals surface area contributed by atoms with Crippen molar-refractivity contribution >= 4 is 28.6 Å². The van der Waals surface area contributed by atoms with Gasteiger partial charge in [0.15, 0.2) is 23.2 Å². The number of hydrogen-bond acceptors (Lipinski definition) is 7. The lowest BCUT2D eigenvalue weighted by Gasteiger charge is -2.18. The van der Waals surface area contributed by atoms with E-state index in [1.54, 1.807) is 0 Å². The van der Waals surface area contributed by atoms with Crippen LogP contribution in [0, 0.1) is 5.92 Å². The topological polar surface area (TPSA) is 119 Å². The van der Waals surface area contributed by atoms with Gasteiger partial charge in [0.25, 0.3) is 0 Å². The van der Waals surface area contributed by atoms with Gasteiger partial charge in [0.2, 0.25) is 5.28 Å². The van der Waals surface area contributed by atoms with Crippen LogP contribution in [0.25, 0.3) is 11.2 Å². The summed E-state index contributed by atoms with van der Waals surface area (Å²) in [5, 5.41) is 20.4. The van der Waals surface area contributed by atoms with Crippen LogP contribution in [-0.4, -0.2) is 48.0 Å². The molecule has 8 nitrogen and oxygen atoms in total. The Labute approximate surface area is 125 Å². The van der Waals surface area contributed by atoms with E-state index in [1.165, 1.54) is 10.9 Å². The lowest BCUT2D eigenvalue weighted by molar-refractivity contribution is -0.0491. The van der Waals surface area contributed by atoms with Gasteiger partial charge < -0.3 is 20.7 Å². The molecule has 1 aliphatic heterocycles. The lowest BCUT2D eigenvalue weighted by atomic mass is 10.0. The van der Waals surface area contributed by atoms with Crippen molar-refractivity contribution in [3.8, 4) is 0 Å². The maximum Gasteiger partial charge on any atom is 0.207 e. The molecule has 1 unspecified atom stereocenters. The van der Waals surface area contributed by atoms with E-state index in [-0.39, 0.29) is 17.0 Å². The number of nitrogens with two attached hydrogens (primary N) is 1. The molecule has 0 spiro atoms. The molecule has 0 amide bonds. The smallest absolute Gasteiger partial charge is 0.207 e. The lowest BCUT2D eigenvalue weighted by Crippen LogP contribution is -2.34. The molecular weight excluding hydrogens is 298 g/mol. The highest BCUT2D eigenvalue weighted by atomic mass is 35.5. The van der Waals surface area contributed by atoms with Crippen molar-refractivity contribution in [2.75, 3.05) is 5.73 Å². The molecule has 4 atom stereocenters. The number of rotatable bonds is 2. The van der Waals surface area contributed by atoms with Gasteiger partial charge in [-0.05, 0) is 17.5 Å². The summed E-state index contributed by atoms with van der Waals surface area (Å²) in [4.78, 5) is 12.0. The highest BCUT2D eigenvalue weighted by Crippen LogP contribution is 2.36. The molecule has 9 heteroatoms. The standard InChI is InChI=1S/C12H16ClN5O3/c1-4(2)8-6(19)7(20)11(21-8)18-10-5(17-12(18)13)9(14)15-3-16-10/h3-4,6-8,11,19-20H,1-2H3,(H2,14,15,16)/t6?,7-,8+,11+/m0/s1. The van der Waals surface area contributed by atoms with Gasteiger partial charge in [-0.15, -0.1) is 0 Å². The van der Waals surface area contributed by atoms with Crippen LogP contribution in [0.5, 0.6) is 0 Å².